The van der Waals surface area contributed by atoms with Gasteiger partial charge in [0.15, 0.2) is 11.9 Å². The van der Waals surface area contributed by atoms with E-state index in [0.29, 0.717) is 31.0 Å². The molecule has 4 aromatic rings. The van der Waals surface area contributed by atoms with E-state index in [1.165, 1.54) is 6.26 Å². The highest BCUT2D eigenvalue weighted by Gasteiger charge is 2.34. The van der Waals surface area contributed by atoms with Crippen LogP contribution in [0.15, 0.2) is 89.7 Å². The van der Waals surface area contributed by atoms with Crippen LogP contribution >= 0.6 is 0 Å². The van der Waals surface area contributed by atoms with Gasteiger partial charge in [-0.25, -0.2) is 0 Å². The molecule has 0 spiro atoms. The van der Waals surface area contributed by atoms with Crippen LogP contribution in [0.5, 0.6) is 5.75 Å². The van der Waals surface area contributed by atoms with Crippen LogP contribution in [-0.2, 0) is 17.8 Å². The largest absolute Gasteiger partial charge is 0.481 e. The van der Waals surface area contributed by atoms with E-state index in [2.05, 4.69) is 16.4 Å². The number of aromatic nitrogens is 1. The number of hydrogen-bond donors (Lipinski definition) is 1. The van der Waals surface area contributed by atoms with Crippen LogP contribution in [0.1, 0.15) is 51.5 Å². The van der Waals surface area contributed by atoms with E-state index < -0.39 is 6.10 Å². The minimum absolute atomic E-state index is 0.157. The Kier molecular flexibility index (Phi) is 7.03. The van der Waals surface area contributed by atoms with Crippen molar-refractivity contribution in [3.8, 4) is 5.75 Å². The number of fused-ring (bicyclic) bond motifs is 1. The van der Waals surface area contributed by atoms with Crippen molar-refractivity contribution in [2.24, 2.45) is 0 Å². The smallest absolute Gasteiger partial charge is 0.290 e. The summed E-state index contributed by atoms with van der Waals surface area (Å²) in [6, 6.07) is 22.7. The first-order valence-electron chi connectivity index (χ1n) is 12.4. The second-order valence-electron chi connectivity index (χ2n) is 9.20. The number of hydrogen-bond acceptors (Lipinski definition) is 5. The van der Waals surface area contributed by atoms with Gasteiger partial charge in [-0.1, -0.05) is 42.0 Å². The third-order valence-corrected chi connectivity index (χ3v) is 6.55. The summed E-state index contributed by atoms with van der Waals surface area (Å²) >= 11 is 0. The molecule has 37 heavy (non-hydrogen) atoms. The molecule has 2 unspecified atom stereocenters. The summed E-state index contributed by atoms with van der Waals surface area (Å²) in [5.41, 5.74) is 5.03. The van der Waals surface area contributed by atoms with Crippen LogP contribution < -0.4 is 10.1 Å². The molecular formula is C30H29N3O4. The number of furan rings is 1. The van der Waals surface area contributed by atoms with Gasteiger partial charge in [-0.3, -0.25) is 14.6 Å². The molecule has 0 radical (unpaired) electrons. The standard InChI is InChI=1S/C30H29N3O4/c1-20-7-5-8-23(17-20)28-26-18-25(37-21(2)29(34)32-19-24-9-3-4-14-31-24)12-11-22(26)13-15-33(28)30(35)27-10-6-16-36-27/h3-12,14,16-18,21,28H,13,15,19H2,1-2H3,(H,32,34). The average Bonchev–Trinajstić information content (AvgIpc) is 3.46. The summed E-state index contributed by atoms with van der Waals surface area (Å²) in [7, 11) is 0. The first kappa shape index (κ1) is 24.3. The van der Waals surface area contributed by atoms with E-state index in [1.807, 2.05) is 66.4 Å². The summed E-state index contributed by atoms with van der Waals surface area (Å²) in [6.45, 7) is 4.66. The number of ether oxygens (including phenoxy) is 1. The SMILES string of the molecule is Cc1cccc(C2c3cc(OC(C)C(=O)NCc4ccccn4)ccc3CCN2C(=O)c2ccco2)c1. The van der Waals surface area contributed by atoms with Crippen LogP contribution in [0.4, 0.5) is 0 Å². The number of pyridine rings is 1. The molecule has 5 rings (SSSR count). The molecule has 2 amide bonds. The molecule has 2 atom stereocenters. The number of benzene rings is 2. The highest BCUT2D eigenvalue weighted by atomic mass is 16.5. The molecule has 0 saturated heterocycles. The number of aryl methyl sites for hydroxylation is 1. The van der Waals surface area contributed by atoms with Crippen molar-refractivity contribution in [2.75, 3.05) is 6.54 Å². The zero-order valence-corrected chi connectivity index (χ0v) is 20.9. The van der Waals surface area contributed by atoms with Gasteiger partial charge in [0.05, 0.1) is 24.5 Å². The zero-order chi connectivity index (χ0) is 25.8. The molecule has 2 aromatic heterocycles. The van der Waals surface area contributed by atoms with E-state index in [4.69, 9.17) is 9.15 Å². The van der Waals surface area contributed by atoms with E-state index >= 15 is 0 Å². The third kappa shape index (κ3) is 5.40. The fourth-order valence-corrected chi connectivity index (χ4v) is 4.71. The maximum atomic E-state index is 13.4. The van der Waals surface area contributed by atoms with Crippen LogP contribution in [0, 0.1) is 6.92 Å². The molecule has 0 saturated carbocycles. The lowest BCUT2D eigenvalue weighted by molar-refractivity contribution is -0.127. The fraction of sp³-hybridized carbons (Fsp3) is 0.233. The Morgan fingerprint density at radius 2 is 2.00 bits per heavy atom. The van der Waals surface area contributed by atoms with Crippen LogP contribution in [0.2, 0.25) is 0 Å². The van der Waals surface area contributed by atoms with Gasteiger partial charge in [-0.05, 0) is 73.4 Å². The van der Waals surface area contributed by atoms with Gasteiger partial charge in [0.25, 0.3) is 11.8 Å². The number of nitrogens with zero attached hydrogens (tertiary/aromatic N) is 2. The quantitative estimate of drug-likeness (QED) is 0.396. The maximum absolute atomic E-state index is 13.4. The summed E-state index contributed by atoms with van der Waals surface area (Å²) in [4.78, 5) is 32.2. The van der Waals surface area contributed by atoms with Gasteiger partial charge in [0, 0.05) is 12.7 Å². The average molecular weight is 496 g/mol. The zero-order valence-electron chi connectivity index (χ0n) is 20.9. The van der Waals surface area contributed by atoms with Gasteiger partial charge in [-0.2, -0.15) is 0 Å². The van der Waals surface area contributed by atoms with Gasteiger partial charge < -0.3 is 19.4 Å². The molecule has 0 aliphatic carbocycles. The first-order valence-corrected chi connectivity index (χ1v) is 12.4. The molecule has 2 aromatic carbocycles. The molecular weight excluding hydrogens is 466 g/mol. The van der Waals surface area contributed by atoms with Gasteiger partial charge in [0.1, 0.15) is 5.75 Å². The fourth-order valence-electron chi connectivity index (χ4n) is 4.71. The van der Waals surface area contributed by atoms with E-state index in [1.54, 1.807) is 25.3 Å². The highest BCUT2D eigenvalue weighted by Crippen LogP contribution is 2.38. The number of nitrogens with one attached hydrogen (secondary N) is 1. The van der Waals surface area contributed by atoms with Gasteiger partial charge in [0.2, 0.25) is 0 Å². The number of carbonyl (C=O) groups excluding carboxylic acids is 2. The van der Waals surface area contributed by atoms with Crippen molar-refractivity contribution in [1.82, 2.24) is 15.2 Å². The molecule has 7 nitrogen and oxygen atoms in total. The van der Waals surface area contributed by atoms with Crippen LogP contribution in [-0.4, -0.2) is 34.3 Å². The van der Waals surface area contributed by atoms with Crippen LogP contribution in [0.25, 0.3) is 0 Å². The monoisotopic (exact) mass is 495 g/mol. The molecule has 1 aliphatic heterocycles. The normalized spacial score (nSPS) is 15.5. The van der Waals surface area contributed by atoms with Crippen molar-refractivity contribution < 1.29 is 18.7 Å². The maximum Gasteiger partial charge on any atom is 0.290 e. The summed E-state index contributed by atoms with van der Waals surface area (Å²) < 4.78 is 11.5. The van der Waals surface area contributed by atoms with Crippen LogP contribution in [0.3, 0.4) is 0 Å². The number of carbonyl (C=O) groups is 2. The molecule has 7 heteroatoms. The lowest BCUT2D eigenvalue weighted by Gasteiger charge is -2.37. The number of rotatable bonds is 7. The predicted octanol–water partition coefficient (Wildman–Crippen LogP) is 4.85. The second-order valence-corrected chi connectivity index (χ2v) is 9.20. The summed E-state index contributed by atoms with van der Waals surface area (Å²) in [5, 5.41) is 2.87. The summed E-state index contributed by atoms with van der Waals surface area (Å²) in [6.07, 6.45) is 3.21. The molecule has 188 valence electrons. The van der Waals surface area contributed by atoms with Crippen molar-refractivity contribution >= 4 is 11.8 Å². The molecule has 0 fully saturated rings. The Hall–Kier alpha value is -4.39. The van der Waals surface area contributed by atoms with E-state index in [-0.39, 0.29) is 17.9 Å². The highest BCUT2D eigenvalue weighted by molar-refractivity contribution is 5.92. The van der Waals surface area contributed by atoms with Crippen molar-refractivity contribution in [1.29, 1.82) is 0 Å². The van der Waals surface area contributed by atoms with Crippen molar-refractivity contribution in [3.05, 3.63) is 119 Å². The minimum atomic E-state index is -0.705. The Labute approximate surface area is 216 Å². The van der Waals surface area contributed by atoms with Crippen molar-refractivity contribution in [3.63, 3.8) is 0 Å². The molecule has 1 N–H and O–H groups in total. The van der Waals surface area contributed by atoms with E-state index in [9.17, 15) is 9.59 Å². The Bertz CT molecular complexity index is 1390. The second kappa shape index (κ2) is 10.7. The minimum Gasteiger partial charge on any atom is -0.481 e. The lowest BCUT2D eigenvalue weighted by Crippen LogP contribution is -2.40. The first-order chi connectivity index (χ1) is 18.0. The Morgan fingerprint density at radius 3 is 2.76 bits per heavy atom. The topological polar surface area (TPSA) is 84.7 Å². The molecule has 1 aliphatic rings. The number of amides is 2. The van der Waals surface area contributed by atoms with Gasteiger partial charge in [-0.15, -0.1) is 0 Å². The summed E-state index contributed by atoms with van der Waals surface area (Å²) in [5.74, 6) is 0.500. The molecule has 0 bridgehead atoms. The Morgan fingerprint density at radius 1 is 1.11 bits per heavy atom. The predicted molar refractivity (Wildman–Crippen MR) is 139 cm³/mol. The van der Waals surface area contributed by atoms with Gasteiger partial charge >= 0.3 is 0 Å². The van der Waals surface area contributed by atoms with Crippen molar-refractivity contribution in [2.45, 2.75) is 39.0 Å². The molecule has 3 heterocycles. The van der Waals surface area contributed by atoms with E-state index in [0.717, 1.165) is 27.9 Å². The third-order valence-electron chi connectivity index (χ3n) is 6.55. The Balaban J connectivity index is 1.40. The lowest BCUT2D eigenvalue weighted by atomic mass is 9.87.